The minimum Gasteiger partial charge on any atom is -0.508 e. The number of carbonyl (C=O) groups excluding carboxylic acids is 1. The van der Waals surface area contributed by atoms with E-state index >= 15 is 0 Å². The minimum atomic E-state index is -0.0308. The third-order valence-electron chi connectivity index (χ3n) is 2.00. The topological polar surface area (TPSA) is 37.3 Å². The van der Waals surface area contributed by atoms with Crippen molar-refractivity contribution in [2.75, 3.05) is 12.5 Å². The summed E-state index contributed by atoms with van der Waals surface area (Å²) < 4.78 is 0.991. The van der Waals surface area contributed by atoms with Crippen LogP contribution in [0.2, 0.25) is 0 Å². The van der Waals surface area contributed by atoms with Crippen LogP contribution in [-0.2, 0) is 4.79 Å². The van der Waals surface area contributed by atoms with Crippen molar-refractivity contribution in [2.24, 2.45) is 0 Å². The van der Waals surface area contributed by atoms with Gasteiger partial charge in [0.15, 0.2) is 5.78 Å². The molecule has 1 aromatic carbocycles. The van der Waals surface area contributed by atoms with Crippen LogP contribution in [0.1, 0.15) is 5.56 Å². The summed E-state index contributed by atoms with van der Waals surface area (Å²) in [6, 6.07) is 6.70. The predicted molar refractivity (Wildman–Crippen MR) is 77.3 cm³/mol. The van der Waals surface area contributed by atoms with Gasteiger partial charge in [-0.25, -0.2) is 0 Å². The standard InChI is InChI=1S/C13H14O2S2/c1-16-13(17-2)9-12(15)8-5-10-3-6-11(14)7-4-10/h3-9,14H,1-2H3/b8-5+. The highest BCUT2D eigenvalue weighted by molar-refractivity contribution is 8.21. The number of ketones is 1. The first-order chi connectivity index (χ1) is 8.15. The fourth-order valence-corrected chi connectivity index (χ4v) is 2.26. The molecule has 0 saturated carbocycles. The normalized spacial score (nSPS) is 10.5. The molecule has 0 spiro atoms. The van der Waals surface area contributed by atoms with E-state index in [-0.39, 0.29) is 11.5 Å². The van der Waals surface area contributed by atoms with Crippen LogP contribution >= 0.6 is 23.5 Å². The molecule has 0 heterocycles. The summed E-state index contributed by atoms with van der Waals surface area (Å²) in [5.41, 5.74) is 0.888. The quantitative estimate of drug-likeness (QED) is 0.827. The van der Waals surface area contributed by atoms with E-state index in [1.54, 1.807) is 59.9 Å². The van der Waals surface area contributed by atoms with Crippen molar-refractivity contribution in [3.8, 4) is 5.75 Å². The summed E-state index contributed by atoms with van der Waals surface area (Å²) in [6.07, 6.45) is 8.76. The molecule has 1 rings (SSSR count). The maximum absolute atomic E-state index is 11.6. The molecule has 0 unspecified atom stereocenters. The van der Waals surface area contributed by atoms with Crippen molar-refractivity contribution in [3.05, 3.63) is 46.2 Å². The summed E-state index contributed by atoms with van der Waals surface area (Å²) >= 11 is 3.12. The van der Waals surface area contributed by atoms with Gasteiger partial charge in [-0.1, -0.05) is 18.2 Å². The first kappa shape index (κ1) is 13.9. The van der Waals surface area contributed by atoms with E-state index in [0.717, 1.165) is 9.80 Å². The lowest BCUT2D eigenvalue weighted by Crippen LogP contribution is -1.86. The third kappa shape index (κ3) is 5.15. The smallest absolute Gasteiger partial charge is 0.180 e. The molecule has 4 heteroatoms. The van der Waals surface area contributed by atoms with Crippen molar-refractivity contribution < 1.29 is 9.90 Å². The van der Waals surface area contributed by atoms with E-state index in [1.165, 1.54) is 6.08 Å². The summed E-state index contributed by atoms with van der Waals surface area (Å²) in [5.74, 6) is 0.192. The van der Waals surface area contributed by atoms with Gasteiger partial charge in [0.2, 0.25) is 0 Å². The number of phenolic OH excluding ortho intramolecular Hbond substituents is 1. The Morgan fingerprint density at radius 3 is 2.29 bits per heavy atom. The fraction of sp³-hybridized carbons (Fsp3) is 0.154. The predicted octanol–water partition coefficient (Wildman–Crippen LogP) is 3.54. The van der Waals surface area contributed by atoms with E-state index in [4.69, 9.17) is 5.11 Å². The van der Waals surface area contributed by atoms with Crippen LogP contribution < -0.4 is 0 Å². The highest BCUT2D eigenvalue weighted by Crippen LogP contribution is 2.23. The molecule has 2 nitrogen and oxygen atoms in total. The number of benzene rings is 1. The van der Waals surface area contributed by atoms with Crippen molar-refractivity contribution in [2.45, 2.75) is 0 Å². The van der Waals surface area contributed by atoms with Gasteiger partial charge in [-0.15, -0.1) is 23.5 Å². The highest BCUT2D eigenvalue weighted by Gasteiger charge is 1.96. The first-order valence-corrected chi connectivity index (χ1v) is 7.41. The molecule has 0 atom stereocenters. The number of aromatic hydroxyl groups is 1. The monoisotopic (exact) mass is 266 g/mol. The van der Waals surface area contributed by atoms with Gasteiger partial charge < -0.3 is 5.11 Å². The Kier molecular flexibility index (Phi) is 5.94. The molecule has 1 aromatic rings. The SMILES string of the molecule is CSC(=CC(=O)/C=C/c1ccc(O)cc1)SC. The average Bonchev–Trinajstić information content (AvgIpc) is 2.35. The van der Waals surface area contributed by atoms with Gasteiger partial charge in [0.25, 0.3) is 0 Å². The van der Waals surface area contributed by atoms with Gasteiger partial charge in [-0.3, -0.25) is 4.79 Å². The Bertz CT molecular complexity index is 427. The van der Waals surface area contributed by atoms with Crippen LogP contribution in [0, 0.1) is 0 Å². The van der Waals surface area contributed by atoms with Crippen LogP contribution in [0.15, 0.2) is 40.7 Å². The minimum absolute atomic E-state index is 0.0308. The van der Waals surface area contributed by atoms with Gasteiger partial charge in [0.05, 0.1) is 0 Å². The molecule has 0 aromatic heterocycles. The van der Waals surface area contributed by atoms with Crippen LogP contribution in [-0.4, -0.2) is 23.4 Å². The summed E-state index contributed by atoms with van der Waals surface area (Å²) in [4.78, 5) is 11.6. The third-order valence-corrected chi connectivity index (χ3v) is 4.04. The largest absolute Gasteiger partial charge is 0.508 e. The van der Waals surface area contributed by atoms with Crippen LogP contribution in [0.3, 0.4) is 0 Å². The molecule has 90 valence electrons. The molecule has 17 heavy (non-hydrogen) atoms. The summed E-state index contributed by atoms with van der Waals surface area (Å²) in [5, 5.41) is 9.11. The zero-order chi connectivity index (χ0) is 12.7. The number of allylic oxidation sites excluding steroid dienone is 2. The summed E-state index contributed by atoms with van der Waals surface area (Å²) in [7, 11) is 0. The molecule has 0 amide bonds. The Morgan fingerprint density at radius 2 is 1.76 bits per heavy atom. The molecule has 0 aliphatic heterocycles. The molecule has 0 fully saturated rings. The lowest BCUT2D eigenvalue weighted by atomic mass is 10.2. The lowest BCUT2D eigenvalue weighted by Gasteiger charge is -1.96. The molecule has 0 saturated heterocycles. The molecule has 0 aliphatic carbocycles. The second kappa shape index (κ2) is 7.25. The van der Waals surface area contributed by atoms with E-state index in [0.29, 0.717) is 0 Å². The van der Waals surface area contributed by atoms with Crippen molar-refractivity contribution in [3.63, 3.8) is 0 Å². The van der Waals surface area contributed by atoms with Gasteiger partial charge in [-0.2, -0.15) is 0 Å². The van der Waals surface area contributed by atoms with Gasteiger partial charge in [0.1, 0.15) is 5.75 Å². The van der Waals surface area contributed by atoms with Crippen molar-refractivity contribution >= 4 is 35.4 Å². The molecule has 0 bridgehead atoms. The van der Waals surface area contributed by atoms with E-state index in [9.17, 15) is 4.79 Å². The molecule has 0 aliphatic rings. The maximum atomic E-state index is 11.6. The molecule has 0 radical (unpaired) electrons. The van der Waals surface area contributed by atoms with E-state index < -0.39 is 0 Å². The van der Waals surface area contributed by atoms with E-state index in [2.05, 4.69) is 0 Å². The zero-order valence-electron chi connectivity index (χ0n) is 9.71. The van der Waals surface area contributed by atoms with Crippen LogP contribution in [0.4, 0.5) is 0 Å². The van der Waals surface area contributed by atoms with Crippen molar-refractivity contribution in [1.29, 1.82) is 0 Å². The Labute approximate surface area is 110 Å². The van der Waals surface area contributed by atoms with E-state index in [1.807, 2.05) is 12.5 Å². The second-order valence-electron chi connectivity index (χ2n) is 3.20. The second-order valence-corrected chi connectivity index (χ2v) is 5.15. The Hall–Kier alpha value is -1.13. The van der Waals surface area contributed by atoms with Gasteiger partial charge >= 0.3 is 0 Å². The zero-order valence-corrected chi connectivity index (χ0v) is 11.3. The van der Waals surface area contributed by atoms with Crippen molar-refractivity contribution in [1.82, 2.24) is 0 Å². The fourth-order valence-electron chi connectivity index (χ4n) is 1.13. The summed E-state index contributed by atoms with van der Waals surface area (Å²) in [6.45, 7) is 0. The number of carbonyl (C=O) groups is 1. The Morgan fingerprint density at radius 1 is 1.18 bits per heavy atom. The van der Waals surface area contributed by atoms with Crippen LogP contribution in [0.25, 0.3) is 6.08 Å². The Balaban J connectivity index is 2.68. The lowest BCUT2D eigenvalue weighted by molar-refractivity contribution is -0.110. The number of hydrogen-bond acceptors (Lipinski definition) is 4. The highest BCUT2D eigenvalue weighted by atomic mass is 32.2. The first-order valence-electron chi connectivity index (χ1n) is 4.96. The maximum Gasteiger partial charge on any atom is 0.180 e. The molecule has 1 N–H and O–H groups in total. The number of rotatable bonds is 5. The molecular weight excluding hydrogens is 252 g/mol. The molecular formula is C13H14O2S2. The van der Waals surface area contributed by atoms with Gasteiger partial charge in [0, 0.05) is 10.3 Å². The van der Waals surface area contributed by atoms with Crippen LogP contribution in [0.5, 0.6) is 5.75 Å². The number of hydrogen-bond donors (Lipinski definition) is 1. The van der Waals surface area contributed by atoms with Gasteiger partial charge in [-0.05, 0) is 36.3 Å². The number of thioether (sulfide) groups is 2. The number of phenols is 1. The average molecular weight is 266 g/mol.